The van der Waals surface area contributed by atoms with E-state index in [2.05, 4.69) is 20.2 Å². The molecule has 3 N–H and O–H groups in total. The Kier molecular flexibility index (Phi) is 3.68. The van der Waals surface area contributed by atoms with E-state index in [1.165, 1.54) is 0 Å². The van der Waals surface area contributed by atoms with Crippen LogP contribution in [0.3, 0.4) is 0 Å². The maximum absolute atomic E-state index is 11.8. The molecule has 7 heteroatoms. The molecule has 96 valence electrons. The quantitative estimate of drug-likeness (QED) is 0.721. The number of hydrogen-bond acceptors (Lipinski definition) is 4. The van der Waals surface area contributed by atoms with E-state index < -0.39 is 10.0 Å². The monoisotopic (exact) mass is 258 g/mol. The van der Waals surface area contributed by atoms with Gasteiger partial charge in [0.1, 0.15) is 0 Å². The Bertz CT molecular complexity index is 480. The molecule has 17 heavy (non-hydrogen) atoms. The Morgan fingerprint density at radius 2 is 2.29 bits per heavy atom. The summed E-state index contributed by atoms with van der Waals surface area (Å²) >= 11 is 0. The zero-order valence-electron chi connectivity index (χ0n) is 9.91. The fourth-order valence-electron chi connectivity index (χ4n) is 1.84. The summed E-state index contributed by atoms with van der Waals surface area (Å²) in [5, 5.41) is 10.1. The number of hydrogen-bond donors (Lipinski definition) is 3. The summed E-state index contributed by atoms with van der Waals surface area (Å²) in [7, 11) is -3.26. The van der Waals surface area contributed by atoms with Crippen LogP contribution >= 0.6 is 0 Å². The highest BCUT2D eigenvalue weighted by Crippen LogP contribution is 2.20. The lowest BCUT2D eigenvalue weighted by Gasteiger charge is -2.13. The van der Waals surface area contributed by atoms with Gasteiger partial charge in [-0.05, 0) is 6.42 Å². The van der Waals surface area contributed by atoms with Crippen LogP contribution < -0.4 is 10.0 Å². The molecule has 6 nitrogen and oxygen atoms in total. The van der Waals surface area contributed by atoms with Gasteiger partial charge in [-0.2, -0.15) is 5.10 Å². The van der Waals surface area contributed by atoms with Crippen LogP contribution in [0.1, 0.15) is 31.0 Å². The maximum atomic E-state index is 11.8. The number of anilines is 1. The van der Waals surface area contributed by atoms with E-state index in [0.29, 0.717) is 18.8 Å². The van der Waals surface area contributed by atoms with Crippen LogP contribution in [-0.4, -0.2) is 30.9 Å². The molecule has 0 unspecified atom stereocenters. The first-order valence-corrected chi connectivity index (χ1v) is 7.55. The fourth-order valence-corrected chi connectivity index (χ4v) is 3.08. The zero-order valence-corrected chi connectivity index (χ0v) is 10.7. The van der Waals surface area contributed by atoms with Gasteiger partial charge in [0.25, 0.3) is 0 Å². The molecule has 0 fully saturated rings. The van der Waals surface area contributed by atoms with Crippen LogP contribution in [0.4, 0.5) is 5.82 Å². The van der Waals surface area contributed by atoms with E-state index in [-0.39, 0.29) is 5.75 Å². The summed E-state index contributed by atoms with van der Waals surface area (Å²) in [6.07, 6.45) is 2.39. The normalized spacial score (nSPS) is 15.6. The van der Waals surface area contributed by atoms with Crippen LogP contribution in [0.15, 0.2) is 0 Å². The van der Waals surface area contributed by atoms with E-state index in [4.69, 9.17) is 0 Å². The SMILES string of the molecule is CCCCS(=O)(=O)Nc1n[nH]c2c1CNCC2. The molecule has 0 bridgehead atoms. The van der Waals surface area contributed by atoms with Crippen LogP contribution in [0.2, 0.25) is 0 Å². The van der Waals surface area contributed by atoms with Crippen molar-refractivity contribution in [2.45, 2.75) is 32.7 Å². The predicted molar refractivity (Wildman–Crippen MR) is 66.3 cm³/mol. The van der Waals surface area contributed by atoms with Gasteiger partial charge < -0.3 is 5.32 Å². The highest BCUT2D eigenvalue weighted by Gasteiger charge is 2.20. The molecule has 1 aromatic rings. The Hall–Kier alpha value is -1.08. The molecule has 0 aliphatic carbocycles. The van der Waals surface area contributed by atoms with Crippen molar-refractivity contribution in [1.29, 1.82) is 0 Å². The first kappa shape index (κ1) is 12.4. The molecule has 1 aromatic heterocycles. The van der Waals surface area contributed by atoms with Gasteiger partial charge in [0.05, 0.1) is 5.75 Å². The highest BCUT2D eigenvalue weighted by molar-refractivity contribution is 7.92. The molecule has 0 aromatic carbocycles. The average molecular weight is 258 g/mol. The number of H-pyrrole nitrogens is 1. The van der Waals surface area contributed by atoms with E-state index in [9.17, 15) is 8.42 Å². The van der Waals surface area contributed by atoms with Gasteiger partial charge in [-0.3, -0.25) is 9.82 Å². The van der Waals surface area contributed by atoms with E-state index in [1.54, 1.807) is 0 Å². The van der Waals surface area contributed by atoms with Gasteiger partial charge in [0.15, 0.2) is 5.82 Å². The van der Waals surface area contributed by atoms with E-state index >= 15 is 0 Å². The minimum atomic E-state index is -3.26. The van der Waals surface area contributed by atoms with Crippen LogP contribution in [0, 0.1) is 0 Å². The summed E-state index contributed by atoms with van der Waals surface area (Å²) < 4.78 is 26.1. The lowest BCUT2D eigenvalue weighted by molar-refractivity contribution is 0.597. The Morgan fingerprint density at radius 1 is 1.47 bits per heavy atom. The second-order valence-electron chi connectivity index (χ2n) is 4.23. The molecular formula is C10H18N4O2S. The number of sulfonamides is 1. The lowest BCUT2D eigenvalue weighted by atomic mass is 10.1. The summed E-state index contributed by atoms with van der Waals surface area (Å²) in [5.74, 6) is 0.599. The number of rotatable bonds is 5. The van der Waals surface area contributed by atoms with Crippen molar-refractivity contribution in [2.24, 2.45) is 0 Å². The maximum Gasteiger partial charge on any atom is 0.233 e. The summed E-state index contributed by atoms with van der Waals surface area (Å²) in [6.45, 7) is 3.53. The molecule has 0 saturated carbocycles. The van der Waals surface area contributed by atoms with Gasteiger partial charge in [0.2, 0.25) is 10.0 Å². The van der Waals surface area contributed by atoms with Crippen molar-refractivity contribution in [3.8, 4) is 0 Å². The van der Waals surface area contributed by atoms with Crippen LogP contribution in [-0.2, 0) is 23.0 Å². The van der Waals surface area contributed by atoms with Crippen molar-refractivity contribution < 1.29 is 8.42 Å². The number of fused-ring (bicyclic) bond motifs is 1. The number of nitrogens with one attached hydrogen (secondary N) is 3. The van der Waals surface area contributed by atoms with Crippen molar-refractivity contribution in [3.63, 3.8) is 0 Å². The largest absolute Gasteiger partial charge is 0.312 e. The Balaban J connectivity index is 2.11. The molecule has 0 amide bonds. The molecule has 0 spiro atoms. The van der Waals surface area contributed by atoms with E-state index in [1.807, 2.05) is 6.92 Å². The lowest BCUT2D eigenvalue weighted by Crippen LogP contribution is -2.24. The third-order valence-corrected chi connectivity index (χ3v) is 4.16. The van der Waals surface area contributed by atoms with Crippen molar-refractivity contribution in [3.05, 3.63) is 11.3 Å². The van der Waals surface area contributed by atoms with Crippen molar-refractivity contribution >= 4 is 15.8 Å². The zero-order chi connectivity index (χ0) is 12.3. The molecule has 0 saturated heterocycles. The highest BCUT2D eigenvalue weighted by atomic mass is 32.2. The Labute approximate surface area is 101 Å². The number of nitrogens with zero attached hydrogens (tertiary/aromatic N) is 1. The third kappa shape index (κ3) is 2.98. The topological polar surface area (TPSA) is 86.9 Å². The second-order valence-corrected chi connectivity index (χ2v) is 6.07. The predicted octanol–water partition coefficient (Wildman–Crippen LogP) is 0.597. The number of aromatic nitrogens is 2. The summed E-state index contributed by atoms with van der Waals surface area (Å²) in [4.78, 5) is 0. The van der Waals surface area contributed by atoms with Gasteiger partial charge in [-0.1, -0.05) is 13.3 Å². The average Bonchev–Trinajstić information content (AvgIpc) is 2.70. The van der Waals surface area contributed by atoms with Gasteiger partial charge in [0, 0.05) is 30.8 Å². The summed E-state index contributed by atoms with van der Waals surface area (Å²) in [6, 6.07) is 0. The molecule has 2 heterocycles. The smallest absolute Gasteiger partial charge is 0.233 e. The van der Waals surface area contributed by atoms with Gasteiger partial charge >= 0.3 is 0 Å². The first-order chi connectivity index (χ1) is 8.12. The van der Waals surface area contributed by atoms with Crippen molar-refractivity contribution in [1.82, 2.24) is 15.5 Å². The first-order valence-electron chi connectivity index (χ1n) is 5.89. The molecule has 1 aliphatic heterocycles. The van der Waals surface area contributed by atoms with Crippen LogP contribution in [0.5, 0.6) is 0 Å². The minimum Gasteiger partial charge on any atom is -0.312 e. The molecular weight excluding hydrogens is 240 g/mol. The number of unbranched alkanes of at least 4 members (excludes halogenated alkanes) is 1. The standard InChI is InChI=1S/C10H18N4O2S/c1-2-3-6-17(15,16)14-10-8-7-11-5-4-9(8)12-13-10/h11H,2-7H2,1H3,(H2,12,13,14). The van der Waals surface area contributed by atoms with Crippen LogP contribution in [0.25, 0.3) is 0 Å². The van der Waals surface area contributed by atoms with Gasteiger partial charge in [-0.25, -0.2) is 8.42 Å². The second kappa shape index (κ2) is 5.05. The molecule has 1 aliphatic rings. The molecule has 2 rings (SSSR count). The third-order valence-electron chi connectivity index (χ3n) is 2.83. The van der Waals surface area contributed by atoms with Gasteiger partial charge in [-0.15, -0.1) is 0 Å². The number of aromatic amines is 1. The minimum absolute atomic E-state index is 0.151. The molecule has 0 radical (unpaired) electrons. The molecule has 0 atom stereocenters. The summed E-state index contributed by atoms with van der Waals surface area (Å²) in [5.41, 5.74) is 1.97. The van der Waals surface area contributed by atoms with Crippen molar-refractivity contribution in [2.75, 3.05) is 17.0 Å². The van der Waals surface area contributed by atoms with E-state index in [0.717, 1.165) is 30.6 Å². The Morgan fingerprint density at radius 3 is 3.06 bits per heavy atom. The fraction of sp³-hybridized carbons (Fsp3) is 0.700.